The summed E-state index contributed by atoms with van der Waals surface area (Å²) in [6.45, 7) is 0. The van der Waals surface area contributed by atoms with Gasteiger partial charge in [-0.25, -0.2) is 9.59 Å². The van der Waals surface area contributed by atoms with Gasteiger partial charge in [0.1, 0.15) is 0 Å². The van der Waals surface area contributed by atoms with Crippen LogP contribution in [0, 0.1) is 0 Å². The van der Waals surface area contributed by atoms with E-state index in [-0.39, 0.29) is 17.1 Å². The number of carbonyl (C=O) groups excluding carboxylic acids is 2. The topological polar surface area (TPSA) is 98.8 Å². The summed E-state index contributed by atoms with van der Waals surface area (Å²) in [4.78, 5) is 24.6. The summed E-state index contributed by atoms with van der Waals surface area (Å²) < 4.78 is 36.3. The van der Waals surface area contributed by atoms with Crippen LogP contribution in [-0.4, -0.2) is 54.6 Å². The van der Waals surface area contributed by atoms with Crippen LogP contribution >= 0.6 is 0 Å². The Morgan fingerprint density at radius 2 is 1.06 bits per heavy atom. The van der Waals surface area contributed by atoms with E-state index in [1.807, 2.05) is 0 Å². The first kappa shape index (κ1) is 23.4. The summed E-state index contributed by atoms with van der Waals surface area (Å²) in [6, 6.07) is 6.07. The van der Waals surface area contributed by atoms with E-state index in [1.54, 1.807) is 12.1 Å². The summed E-state index contributed by atoms with van der Waals surface area (Å²) in [5.74, 6) is 0.346. The van der Waals surface area contributed by atoms with Gasteiger partial charge < -0.3 is 33.2 Å². The average Bonchev–Trinajstić information content (AvgIpc) is 2.80. The highest BCUT2D eigenvalue weighted by Crippen LogP contribution is 2.39. The smallest absolute Gasteiger partial charge is 0.346 e. The number of methoxy groups -OCH3 is 6. The van der Waals surface area contributed by atoms with Crippen molar-refractivity contribution in [3.05, 3.63) is 41.5 Å². The van der Waals surface area contributed by atoms with Crippen LogP contribution < -0.4 is 28.4 Å². The summed E-state index contributed by atoms with van der Waals surface area (Å²) in [7, 11) is 8.72. The van der Waals surface area contributed by atoms with Crippen LogP contribution in [0.3, 0.4) is 0 Å². The first-order valence-corrected chi connectivity index (χ1v) is 8.96. The van der Waals surface area contributed by atoms with Crippen molar-refractivity contribution in [3.63, 3.8) is 0 Å². The molecule has 0 aromatic heterocycles. The predicted octanol–water partition coefficient (Wildman–Crippen LogP) is 3.14. The number of benzene rings is 2. The molecule has 0 bridgehead atoms. The summed E-state index contributed by atoms with van der Waals surface area (Å²) in [5.41, 5.74) is 0.635. The molecule has 0 aliphatic heterocycles. The zero-order chi connectivity index (χ0) is 23.0. The van der Waals surface area contributed by atoms with E-state index in [9.17, 15) is 9.59 Å². The molecular weight excluding hydrogens is 408 g/mol. The van der Waals surface area contributed by atoms with E-state index in [4.69, 9.17) is 33.2 Å². The summed E-state index contributed by atoms with van der Waals surface area (Å²) in [5, 5.41) is 0. The lowest BCUT2D eigenvalue weighted by atomic mass is 10.1. The van der Waals surface area contributed by atoms with Gasteiger partial charge in [0, 0.05) is 6.08 Å². The maximum absolute atomic E-state index is 12.4. The maximum Gasteiger partial charge on any atom is 0.346 e. The fourth-order valence-electron chi connectivity index (χ4n) is 2.75. The molecule has 0 aliphatic rings. The van der Waals surface area contributed by atoms with Crippen LogP contribution in [0.4, 0.5) is 0 Å². The Bertz CT molecular complexity index is 929. The quantitative estimate of drug-likeness (QED) is 0.336. The number of ether oxygens (including phenoxy) is 7. The lowest BCUT2D eigenvalue weighted by Crippen LogP contribution is -2.11. The molecule has 0 atom stereocenters. The number of rotatable bonds is 9. The van der Waals surface area contributed by atoms with Crippen molar-refractivity contribution in [1.82, 2.24) is 0 Å². The Labute approximate surface area is 180 Å². The van der Waals surface area contributed by atoms with E-state index in [1.165, 1.54) is 60.9 Å². The lowest BCUT2D eigenvalue weighted by molar-refractivity contribution is -0.132. The van der Waals surface area contributed by atoms with Crippen LogP contribution in [0.1, 0.15) is 15.9 Å². The van der Waals surface area contributed by atoms with Crippen molar-refractivity contribution in [3.8, 4) is 34.5 Å². The van der Waals surface area contributed by atoms with Gasteiger partial charge in [0.15, 0.2) is 23.0 Å². The Balaban J connectivity index is 2.21. The highest BCUT2D eigenvalue weighted by atomic mass is 16.6. The average molecular weight is 432 g/mol. The maximum atomic E-state index is 12.4. The normalized spacial score (nSPS) is 10.4. The van der Waals surface area contributed by atoms with E-state index >= 15 is 0 Å². The van der Waals surface area contributed by atoms with Crippen LogP contribution in [0.5, 0.6) is 34.5 Å². The van der Waals surface area contributed by atoms with Gasteiger partial charge in [0.2, 0.25) is 11.5 Å². The Hall–Kier alpha value is -3.88. The number of carbonyl (C=O) groups is 2. The largest absolute Gasteiger partial charge is 0.493 e. The molecular formula is C22H24O9. The summed E-state index contributed by atoms with van der Waals surface area (Å²) >= 11 is 0. The van der Waals surface area contributed by atoms with Gasteiger partial charge in [-0.05, 0) is 35.9 Å². The minimum Gasteiger partial charge on any atom is -0.493 e. The third-order valence-corrected chi connectivity index (χ3v) is 4.19. The third-order valence-electron chi connectivity index (χ3n) is 4.19. The van der Waals surface area contributed by atoms with Crippen molar-refractivity contribution >= 4 is 18.0 Å². The first-order chi connectivity index (χ1) is 14.9. The van der Waals surface area contributed by atoms with Gasteiger partial charge in [-0.2, -0.15) is 0 Å². The molecule has 0 spiro atoms. The summed E-state index contributed by atoms with van der Waals surface area (Å²) in [6.07, 6.45) is 2.56. The molecule has 31 heavy (non-hydrogen) atoms. The van der Waals surface area contributed by atoms with Crippen molar-refractivity contribution in [2.24, 2.45) is 0 Å². The first-order valence-electron chi connectivity index (χ1n) is 8.96. The predicted molar refractivity (Wildman–Crippen MR) is 112 cm³/mol. The standard InChI is InChI=1S/C22H24O9/c1-25-15-9-13(10-16(26-2)20(15)29-5)7-8-19(23)31-22(24)14-11-17(27-3)21(30-6)18(12-14)28-4/h7-12H,1-6H3/b8-7+. The fourth-order valence-corrected chi connectivity index (χ4v) is 2.75. The van der Waals surface area contributed by atoms with Crippen LogP contribution in [-0.2, 0) is 9.53 Å². The molecule has 9 heteroatoms. The van der Waals surface area contributed by atoms with Gasteiger partial charge in [0.25, 0.3) is 0 Å². The third kappa shape index (κ3) is 5.39. The molecule has 0 fully saturated rings. The van der Waals surface area contributed by atoms with Gasteiger partial charge in [-0.3, -0.25) is 0 Å². The Morgan fingerprint density at radius 3 is 1.45 bits per heavy atom. The second-order valence-corrected chi connectivity index (χ2v) is 5.91. The SMILES string of the molecule is COc1cc(/C=C/C(=O)OC(=O)c2cc(OC)c(OC)c(OC)c2)cc(OC)c1OC. The molecule has 0 saturated carbocycles. The highest BCUT2D eigenvalue weighted by molar-refractivity contribution is 6.02. The van der Waals surface area contributed by atoms with E-state index in [0.717, 1.165) is 6.08 Å². The van der Waals surface area contributed by atoms with Gasteiger partial charge in [-0.1, -0.05) is 0 Å². The zero-order valence-electron chi connectivity index (χ0n) is 18.1. The molecule has 0 N–H and O–H groups in total. The zero-order valence-corrected chi connectivity index (χ0v) is 18.1. The minimum atomic E-state index is -0.876. The van der Waals surface area contributed by atoms with Gasteiger partial charge in [-0.15, -0.1) is 0 Å². The van der Waals surface area contributed by atoms with Crippen molar-refractivity contribution in [1.29, 1.82) is 0 Å². The molecule has 0 aliphatic carbocycles. The number of hydrogen-bond acceptors (Lipinski definition) is 9. The van der Waals surface area contributed by atoms with Crippen molar-refractivity contribution in [2.75, 3.05) is 42.7 Å². The second-order valence-electron chi connectivity index (χ2n) is 5.91. The molecule has 0 heterocycles. The molecule has 0 amide bonds. The van der Waals surface area contributed by atoms with Crippen LogP contribution in [0.25, 0.3) is 6.08 Å². The molecule has 2 aromatic rings. The van der Waals surface area contributed by atoms with Crippen molar-refractivity contribution in [2.45, 2.75) is 0 Å². The molecule has 166 valence electrons. The Kier molecular flexibility index (Phi) is 8.13. The van der Waals surface area contributed by atoms with Gasteiger partial charge in [0.05, 0.1) is 48.2 Å². The molecule has 0 radical (unpaired) electrons. The molecule has 0 unspecified atom stereocenters. The fraction of sp³-hybridized carbons (Fsp3) is 0.273. The van der Waals surface area contributed by atoms with Crippen molar-refractivity contribution < 1.29 is 42.7 Å². The number of esters is 2. The molecule has 9 nitrogen and oxygen atoms in total. The monoisotopic (exact) mass is 432 g/mol. The van der Waals surface area contributed by atoms with E-state index in [2.05, 4.69) is 0 Å². The lowest BCUT2D eigenvalue weighted by Gasteiger charge is -2.13. The van der Waals surface area contributed by atoms with E-state index in [0.29, 0.717) is 28.6 Å². The number of hydrogen-bond donors (Lipinski definition) is 0. The van der Waals surface area contributed by atoms with Crippen LogP contribution in [0.15, 0.2) is 30.3 Å². The second kappa shape index (κ2) is 10.8. The highest BCUT2D eigenvalue weighted by Gasteiger charge is 2.19. The minimum absolute atomic E-state index is 0.0593. The molecule has 0 saturated heterocycles. The van der Waals surface area contributed by atoms with Crippen LogP contribution in [0.2, 0.25) is 0 Å². The van der Waals surface area contributed by atoms with Gasteiger partial charge >= 0.3 is 11.9 Å². The van der Waals surface area contributed by atoms with E-state index < -0.39 is 11.9 Å². The Morgan fingerprint density at radius 1 is 0.645 bits per heavy atom. The molecule has 2 rings (SSSR count). The molecule has 2 aromatic carbocycles.